The van der Waals surface area contributed by atoms with Gasteiger partial charge in [-0.05, 0) is 6.07 Å². The monoisotopic (exact) mass is 267 g/mol. The first kappa shape index (κ1) is 13.1. The van der Waals surface area contributed by atoms with E-state index in [1.54, 1.807) is 0 Å². The molecule has 0 saturated heterocycles. The van der Waals surface area contributed by atoms with Gasteiger partial charge in [0.1, 0.15) is 0 Å². The van der Waals surface area contributed by atoms with Crippen LogP contribution in [-0.4, -0.2) is 19.3 Å². The average Bonchev–Trinajstić information content (AvgIpc) is 2.20. The second-order valence-corrected chi connectivity index (χ2v) is 4.54. The molecule has 1 atom stereocenters. The van der Waals surface area contributed by atoms with Crippen molar-refractivity contribution in [2.24, 2.45) is 15.9 Å². The number of nitrogens with zero attached hydrogens (tertiary/aromatic N) is 6. The van der Waals surface area contributed by atoms with E-state index in [1.165, 1.54) is 25.5 Å². The quantitative estimate of drug-likeness (QED) is 0.561. The van der Waals surface area contributed by atoms with E-state index in [0.717, 1.165) is 4.57 Å². The lowest BCUT2D eigenvalue weighted by Crippen LogP contribution is -2.28. The van der Waals surface area contributed by atoms with Crippen LogP contribution in [0.25, 0.3) is 5.08 Å². The number of alkyl halides is 3. The molecule has 1 aromatic heterocycles. The topological polar surface area (TPSA) is 87.8 Å². The first-order chi connectivity index (χ1) is 7.80. The summed E-state index contributed by atoms with van der Waals surface area (Å²) in [6.07, 6.45) is 2.53. The fourth-order valence-corrected chi connectivity index (χ4v) is 1.53. The fourth-order valence-electron chi connectivity index (χ4n) is 0.799. The van der Waals surface area contributed by atoms with Gasteiger partial charge in [-0.25, -0.2) is 9.19 Å². The average molecular weight is 267 g/mol. The van der Waals surface area contributed by atoms with Gasteiger partial charge in [-0.15, -0.1) is 4.40 Å². The molecule has 0 aliphatic carbocycles. The van der Waals surface area contributed by atoms with E-state index in [2.05, 4.69) is 13.9 Å². The number of hydrogen-bond donors (Lipinski definition) is 0. The van der Waals surface area contributed by atoms with Crippen LogP contribution >= 0.6 is 0 Å². The zero-order valence-corrected chi connectivity index (χ0v) is 9.18. The van der Waals surface area contributed by atoms with Crippen LogP contribution in [0.4, 0.5) is 13.2 Å². The van der Waals surface area contributed by atoms with Gasteiger partial charge >= 0.3 is 20.5 Å². The van der Waals surface area contributed by atoms with Crippen molar-refractivity contribution in [3.05, 3.63) is 29.2 Å². The van der Waals surface area contributed by atoms with E-state index in [0.29, 0.717) is 0 Å². The van der Waals surface area contributed by atoms with Gasteiger partial charge in [0.05, 0.1) is 0 Å². The molecule has 0 N–H and O–H groups in total. The van der Waals surface area contributed by atoms with Crippen molar-refractivity contribution in [2.45, 2.75) is 5.51 Å². The van der Waals surface area contributed by atoms with Crippen LogP contribution in [0.3, 0.4) is 0 Å². The molecule has 0 saturated carbocycles. The van der Waals surface area contributed by atoms with Crippen molar-refractivity contribution in [1.29, 1.82) is 5.39 Å². The largest absolute Gasteiger partial charge is 0.506 e. The second-order valence-electron chi connectivity index (χ2n) is 2.74. The summed E-state index contributed by atoms with van der Waals surface area (Å²) < 4.78 is 54.9. The normalized spacial score (nSPS) is 16.1. The molecule has 17 heavy (non-hydrogen) atoms. The molecule has 1 heterocycles. The molecule has 0 aliphatic heterocycles. The molecule has 0 bridgehead atoms. The highest BCUT2D eigenvalue weighted by Gasteiger charge is 2.47. The minimum Gasteiger partial charge on any atom is -0.320 e. The van der Waals surface area contributed by atoms with Crippen LogP contribution in [-0.2, 0) is 17.0 Å². The fraction of sp³-hybridized carbons (Fsp3) is 0.333. The van der Waals surface area contributed by atoms with Gasteiger partial charge in [-0.3, -0.25) is 0 Å². The molecule has 11 heteroatoms. The van der Waals surface area contributed by atoms with Gasteiger partial charge in [0.2, 0.25) is 5.62 Å². The van der Waals surface area contributed by atoms with Crippen LogP contribution in [0, 0.1) is 5.39 Å². The lowest BCUT2D eigenvalue weighted by molar-refractivity contribution is -0.0403. The lowest BCUT2D eigenvalue weighted by atomic mass is 10.7. The number of diazo groups is 1. The molecular weight excluding hydrogens is 261 g/mol. The zero-order chi connectivity index (χ0) is 13.1. The Kier molecular flexibility index (Phi) is 3.47. The molecule has 7 nitrogen and oxygen atoms in total. The molecule has 0 aliphatic rings. The molecule has 0 aromatic carbocycles. The van der Waals surface area contributed by atoms with Crippen molar-refractivity contribution in [1.82, 2.24) is 9.55 Å². The van der Waals surface area contributed by atoms with E-state index in [-0.39, 0.29) is 0 Å². The van der Waals surface area contributed by atoms with Gasteiger partial charge < -0.3 is 4.57 Å². The van der Waals surface area contributed by atoms with E-state index in [1.807, 2.05) is 5.08 Å². The van der Waals surface area contributed by atoms with Crippen molar-refractivity contribution in [3.63, 3.8) is 0 Å². The smallest absolute Gasteiger partial charge is 0.320 e. The summed E-state index contributed by atoms with van der Waals surface area (Å²) in [5.41, 5.74) is -5.72. The number of aromatic nitrogens is 2. The highest BCUT2D eigenvalue weighted by molar-refractivity contribution is 7.93. The molecule has 92 valence electrons. The minimum absolute atomic E-state index is 0.456. The van der Waals surface area contributed by atoms with Crippen LogP contribution in [0.5, 0.6) is 0 Å². The van der Waals surface area contributed by atoms with Crippen LogP contribution in [0.15, 0.2) is 27.3 Å². The second kappa shape index (κ2) is 4.50. The molecule has 0 fully saturated rings. The third kappa shape index (κ3) is 2.78. The summed E-state index contributed by atoms with van der Waals surface area (Å²) >= 11 is 0. The molecule has 0 amide bonds. The minimum atomic E-state index is -5.26. The third-order valence-corrected chi connectivity index (χ3v) is 2.86. The highest BCUT2D eigenvalue weighted by atomic mass is 32.2. The summed E-state index contributed by atoms with van der Waals surface area (Å²) in [4.78, 5) is 3.49. The summed E-state index contributed by atoms with van der Waals surface area (Å²) in [5, 5.41) is 9.90. The van der Waals surface area contributed by atoms with Gasteiger partial charge in [0, 0.05) is 19.4 Å². The Labute approximate surface area is 93.5 Å². The van der Waals surface area contributed by atoms with Crippen molar-refractivity contribution >= 4 is 9.92 Å². The predicted molar refractivity (Wildman–Crippen MR) is 50.5 cm³/mol. The van der Waals surface area contributed by atoms with E-state index in [4.69, 9.17) is 5.39 Å². The highest BCUT2D eigenvalue weighted by Crippen LogP contribution is 2.26. The van der Waals surface area contributed by atoms with E-state index in [9.17, 15) is 17.4 Å². The maximum absolute atomic E-state index is 12.4. The molecule has 0 spiro atoms. The number of halogens is 3. The Morgan fingerprint density at radius 2 is 2.24 bits per heavy atom. The Balaban J connectivity index is 3.59. The van der Waals surface area contributed by atoms with Crippen molar-refractivity contribution in [2.75, 3.05) is 0 Å². The Morgan fingerprint density at radius 3 is 2.71 bits per heavy atom. The summed E-state index contributed by atoms with van der Waals surface area (Å²) in [7, 11) is -3.72. The number of hydrogen-bond acceptors (Lipinski definition) is 4. The van der Waals surface area contributed by atoms with E-state index < -0.39 is 21.0 Å². The Hall–Kier alpha value is -1.96. The lowest BCUT2D eigenvalue weighted by Gasteiger charge is -2.03. The van der Waals surface area contributed by atoms with Crippen LogP contribution in [0.1, 0.15) is 0 Å². The van der Waals surface area contributed by atoms with Gasteiger partial charge in [-0.1, -0.05) is 0 Å². The summed E-state index contributed by atoms with van der Waals surface area (Å²) in [6, 6.07) is 1.45. The van der Waals surface area contributed by atoms with E-state index >= 15 is 0 Å². The van der Waals surface area contributed by atoms with Crippen LogP contribution in [0.2, 0.25) is 0 Å². The van der Waals surface area contributed by atoms with Gasteiger partial charge in [-0.2, -0.15) is 13.2 Å². The predicted octanol–water partition coefficient (Wildman–Crippen LogP) is 0.992. The molecule has 1 unspecified atom stereocenters. The molecule has 1 aromatic rings. The summed E-state index contributed by atoms with van der Waals surface area (Å²) in [6.45, 7) is 0. The first-order valence-electron chi connectivity index (χ1n) is 4.00. The molecular formula is C6H6F3N6OS+. The third-order valence-electron chi connectivity index (χ3n) is 1.56. The Bertz CT molecular complexity index is 632. The molecule has 0 radical (unpaired) electrons. The zero-order valence-electron chi connectivity index (χ0n) is 8.37. The summed E-state index contributed by atoms with van der Waals surface area (Å²) in [5.74, 6) is 0. The first-order valence-corrected chi connectivity index (χ1v) is 5.48. The van der Waals surface area contributed by atoms with Crippen molar-refractivity contribution in [3.8, 4) is 0 Å². The maximum atomic E-state index is 12.4. The molecule has 1 rings (SSSR count). The Morgan fingerprint density at radius 1 is 1.59 bits per heavy atom. The number of rotatable bonds is 1. The van der Waals surface area contributed by atoms with Gasteiger partial charge in [0.15, 0.2) is 0 Å². The maximum Gasteiger partial charge on any atom is 0.506 e. The SMILES string of the molecule is Cn1cccnc1=NS(=O)(=N[N+]#N)C(F)(F)F. The van der Waals surface area contributed by atoms with Gasteiger partial charge in [0.25, 0.3) is 9.86 Å². The van der Waals surface area contributed by atoms with Crippen LogP contribution < -0.4 is 5.62 Å². The van der Waals surface area contributed by atoms with Crippen molar-refractivity contribution < 1.29 is 17.4 Å². The standard InChI is InChI=1S/C6H6F3N6OS/c1-15-4-2-3-11-5(15)12-17(16,14-13-10)6(7,8)9/h2-4H,1H3/q+1. The number of aryl methyl sites for hydroxylation is 1.